The highest BCUT2D eigenvalue weighted by atomic mass is 16.5. The number of ether oxygens (including phenoxy) is 2. The van der Waals surface area contributed by atoms with Crippen molar-refractivity contribution in [2.75, 3.05) is 32.9 Å². The van der Waals surface area contributed by atoms with Gasteiger partial charge < -0.3 is 9.47 Å². The molecule has 1 N–H and O–H groups in total. The molecule has 0 bridgehead atoms. The second-order valence-electron chi connectivity index (χ2n) is 6.64. The van der Waals surface area contributed by atoms with Gasteiger partial charge in [-0.3, -0.25) is 15.0 Å². The number of rotatable bonds is 6. The summed E-state index contributed by atoms with van der Waals surface area (Å²) in [6.07, 6.45) is 0. The number of hydrogen-bond acceptors (Lipinski definition) is 5. The maximum Gasteiger partial charge on any atom is 0.327 e. The van der Waals surface area contributed by atoms with Crippen LogP contribution in [0.1, 0.15) is 41.5 Å². The lowest BCUT2D eigenvalue weighted by atomic mass is 9.95. The first-order valence-electron chi connectivity index (χ1n) is 7.49. The first-order valence-corrected chi connectivity index (χ1v) is 7.49. The van der Waals surface area contributed by atoms with Crippen molar-refractivity contribution >= 4 is 5.97 Å². The molecule has 20 heavy (non-hydrogen) atoms. The van der Waals surface area contributed by atoms with Crippen LogP contribution in [0.15, 0.2) is 0 Å². The minimum absolute atomic E-state index is 0.0648. The molecule has 0 aromatic carbocycles. The largest absolute Gasteiger partial charge is 0.465 e. The van der Waals surface area contributed by atoms with Crippen LogP contribution in [-0.4, -0.2) is 60.9 Å². The number of carbonyl (C=O) groups is 1. The van der Waals surface area contributed by atoms with Gasteiger partial charge >= 0.3 is 5.97 Å². The molecule has 1 unspecified atom stereocenters. The lowest BCUT2D eigenvalue weighted by molar-refractivity contribution is -0.154. The van der Waals surface area contributed by atoms with E-state index in [1.807, 2.05) is 27.7 Å². The summed E-state index contributed by atoms with van der Waals surface area (Å²) in [7, 11) is 0. The van der Waals surface area contributed by atoms with Crippen LogP contribution in [0, 0.1) is 0 Å². The molecule has 1 atom stereocenters. The maximum atomic E-state index is 12.3. The van der Waals surface area contributed by atoms with Crippen LogP contribution in [-0.2, 0) is 14.3 Å². The first kappa shape index (κ1) is 17.4. The molecule has 0 saturated carbocycles. The fourth-order valence-electron chi connectivity index (χ4n) is 2.66. The highest BCUT2D eigenvalue weighted by Crippen LogP contribution is 2.22. The van der Waals surface area contributed by atoms with E-state index in [1.54, 1.807) is 0 Å². The second-order valence-corrected chi connectivity index (χ2v) is 6.64. The van der Waals surface area contributed by atoms with E-state index in [9.17, 15) is 4.79 Å². The first-order chi connectivity index (χ1) is 9.21. The summed E-state index contributed by atoms with van der Waals surface area (Å²) >= 11 is 0. The molecular weight excluding hydrogens is 256 g/mol. The Bertz CT molecular complexity index is 331. The minimum atomic E-state index is -0.696. The Morgan fingerprint density at radius 1 is 1.50 bits per heavy atom. The van der Waals surface area contributed by atoms with Crippen LogP contribution in [0.4, 0.5) is 0 Å². The van der Waals surface area contributed by atoms with Crippen molar-refractivity contribution in [3.05, 3.63) is 0 Å². The summed E-state index contributed by atoms with van der Waals surface area (Å²) < 4.78 is 10.8. The third-order valence-electron chi connectivity index (χ3n) is 3.66. The van der Waals surface area contributed by atoms with Crippen LogP contribution in [0.2, 0.25) is 0 Å². The van der Waals surface area contributed by atoms with Crippen LogP contribution in [0.3, 0.4) is 0 Å². The number of esters is 1. The second kappa shape index (κ2) is 6.87. The van der Waals surface area contributed by atoms with Crippen molar-refractivity contribution in [2.45, 2.75) is 58.7 Å². The molecule has 0 radical (unpaired) electrons. The van der Waals surface area contributed by atoms with E-state index in [4.69, 9.17) is 9.47 Å². The van der Waals surface area contributed by atoms with Crippen molar-refractivity contribution in [3.63, 3.8) is 0 Å². The highest BCUT2D eigenvalue weighted by Gasteiger charge is 2.41. The summed E-state index contributed by atoms with van der Waals surface area (Å²) in [6.45, 7) is 15.4. The molecule has 118 valence electrons. The maximum absolute atomic E-state index is 12.3. The van der Waals surface area contributed by atoms with Gasteiger partial charge in [0, 0.05) is 24.7 Å². The number of carbonyl (C=O) groups excluding carboxylic acids is 1. The summed E-state index contributed by atoms with van der Waals surface area (Å²) in [4.78, 5) is 14.7. The molecule has 1 rings (SSSR count). The number of nitrogens with one attached hydrogen (secondary N) is 1. The Kier molecular flexibility index (Phi) is 5.98. The fourth-order valence-corrected chi connectivity index (χ4v) is 2.66. The Balaban J connectivity index is 2.85. The average molecular weight is 286 g/mol. The lowest BCUT2D eigenvalue weighted by Gasteiger charge is -2.46. The van der Waals surface area contributed by atoms with Gasteiger partial charge in [0.1, 0.15) is 5.54 Å². The van der Waals surface area contributed by atoms with Crippen molar-refractivity contribution < 1.29 is 14.3 Å². The van der Waals surface area contributed by atoms with E-state index in [-0.39, 0.29) is 17.6 Å². The molecule has 1 saturated heterocycles. The molecular formula is C15H30N2O3. The third-order valence-corrected chi connectivity index (χ3v) is 3.66. The van der Waals surface area contributed by atoms with E-state index in [2.05, 4.69) is 24.1 Å². The van der Waals surface area contributed by atoms with E-state index in [0.717, 1.165) is 6.54 Å². The molecule has 1 aliphatic heterocycles. The van der Waals surface area contributed by atoms with Crippen LogP contribution in [0.5, 0.6) is 0 Å². The normalized spacial score (nSPS) is 22.6. The molecule has 1 heterocycles. The molecule has 0 aromatic heterocycles. The standard InChI is InChI=1S/C15H30N2O3/c1-7-20-13(18)15(6,16-12(2)3)10-17-8-9-19-11-14(17,4)5/h12,16H,7-11H2,1-6H3. The van der Waals surface area contributed by atoms with Crippen molar-refractivity contribution in [3.8, 4) is 0 Å². The van der Waals surface area contributed by atoms with Crippen molar-refractivity contribution in [1.82, 2.24) is 10.2 Å². The summed E-state index contributed by atoms with van der Waals surface area (Å²) in [5, 5.41) is 3.37. The van der Waals surface area contributed by atoms with Gasteiger partial charge in [-0.25, -0.2) is 0 Å². The van der Waals surface area contributed by atoms with Crippen LogP contribution in [0.25, 0.3) is 0 Å². The van der Waals surface area contributed by atoms with Gasteiger partial charge in [0.15, 0.2) is 0 Å². The van der Waals surface area contributed by atoms with Gasteiger partial charge in [0.05, 0.1) is 19.8 Å². The Hall–Kier alpha value is -0.650. The highest BCUT2D eigenvalue weighted by molar-refractivity contribution is 5.80. The smallest absolute Gasteiger partial charge is 0.327 e. The van der Waals surface area contributed by atoms with E-state index >= 15 is 0 Å². The van der Waals surface area contributed by atoms with Gasteiger partial charge in [-0.1, -0.05) is 0 Å². The van der Waals surface area contributed by atoms with Crippen LogP contribution >= 0.6 is 0 Å². The van der Waals surface area contributed by atoms with Gasteiger partial charge in [0.25, 0.3) is 0 Å². The van der Waals surface area contributed by atoms with Gasteiger partial charge in [-0.05, 0) is 41.5 Å². The van der Waals surface area contributed by atoms with E-state index in [1.165, 1.54) is 0 Å². The predicted molar refractivity (Wildman–Crippen MR) is 79.8 cm³/mol. The zero-order valence-corrected chi connectivity index (χ0v) is 13.8. The molecule has 0 aliphatic carbocycles. The van der Waals surface area contributed by atoms with Crippen molar-refractivity contribution in [1.29, 1.82) is 0 Å². The van der Waals surface area contributed by atoms with E-state index < -0.39 is 5.54 Å². The van der Waals surface area contributed by atoms with Gasteiger partial charge in [-0.15, -0.1) is 0 Å². The number of hydrogen-bond donors (Lipinski definition) is 1. The average Bonchev–Trinajstić information content (AvgIpc) is 2.31. The molecule has 5 heteroatoms. The summed E-state index contributed by atoms with van der Waals surface area (Å²) in [5.41, 5.74) is -0.760. The molecule has 1 fully saturated rings. The molecule has 0 aromatic rings. The molecule has 5 nitrogen and oxygen atoms in total. The quantitative estimate of drug-likeness (QED) is 0.748. The zero-order valence-electron chi connectivity index (χ0n) is 13.8. The topological polar surface area (TPSA) is 50.8 Å². The van der Waals surface area contributed by atoms with E-state index in [0.29, 0.717) is 26.4 Å². The third kappa shape index (κ3) is 4.43. The predicted octanol–water partition coefficient (Wildman–Crippen LogP) is 1.42. The van der Waals surface area contributed by atoms with Crippen LogP contribution < -0.4 is 5.32 Å². The summed E-state index contributed by atoms with van der Waals surface area (Å²) in [6, 6.07) is 0.216. The zero-order chi connectivity index (χ0) is 15.4. The molecule has 1 aliphatic rings. The van der Waals surface area contributed by atoms with Gasteiger partial charge in [-0.2, -0.15) is 0 Å². The number of nitrogens with zero attached hydrogens (tertiary/aromatic N) is 1. The SMILES string of the molecule is CCOC(=O)C(C)(CN1CCOCC1(C)C)NC(C)C. The fraction of sp³-hybridized carbons (Fsp3) is 0.933. The Labute approximate surface area is 123 Å². The number of morpholine rings is 1. The Morgan fingerprint density at radius 2 is 2.15 bits per heavy atom. The van der Waals surface area contributed by atoms with Gasteiger partial charge in [0.2, 0.25) is 0 Å². The molecule has 0 spiro atoms. The monoisotopic (exact) mass is 286 g/mol. The summed E-state index contributed by atoms with van der Waals surface area (Å²) in [5.74, 6) is -0.184. The molecule has 0 amide bonds. The lowest BCUT2D eigenvalue weighted by Crippen LogP contribution is -2.64. The van der Waals surface area contributed by atoms with Crippen molar-refractivity contribution in [2.24, 2.45) is 0 Å². The Morgan fingerprint density at radius 3 is 2.65 bits per heavy atom. The minimum Gasteiger partial charge on any atom is -0.465 e.